The van der Waals surface area contributed by atoms with Crippen molar-refractivity contribution in [3.63, 3.8) is 0 Å². The van der Waals surface area contributed by atoms with Crippen molar-refractivity contribution in [1.82, 2.24) is 0 Å². The van der Waals surface area contributed by atoms with Crippen molar-refractivity contribution in [2.75, 3.05) is 5.75 Å². The highest BCUT2D eigenvalue weighted by molar-refractivity contribution is 7.99. The van der Waals surface area contributed by atoms with E-state index in [1.54, 1.807) is 23.9 Å². The van der Waals surface area contributed by atoms with Crippen LogP contribution in [0.2, 0.25) is 5.02 Å². The predicted octanol–water partition coefficient (Wildman–Crippen LogP) is 3.18. The normalized spacial score (nSPS) is 12.1. The molecular formula is C11H15ClN2OS. The van der Waals surface area contributed by atoms with E-state index in [9.17, 15) is 0 Å². The molecule has 0 bridgehead atoms. The second kappa shape index (κ2) is 6.01. The minimum atomic E-state index is 0.0914. The summed E-state index contributed by atoms with van der Waals surface area (Å²) in [5.41, 5.74) is 6.28. The van der Waals surface area contributed by atoms with Crippen LogP contribution in [-0.2, 0) is 0 Å². The number of hydrogen-bond donors (Lipinski definition) is 2. The molecule has 0 heterocycles. The molecule has 1 rings (SSSR count). The van der Waals surface area contributed by atoms with Crippen LogP contribution >= 0.6 is 23.4 Å². The Morgan fingerprint density at radius 3 is 2.81 bits per heavy atom. The molecule has 3 nitrogen and oxygen atoms in total. The second-order valence-corrected chi connectivity index (χ2v) is 5.33. The summed E-state index contributed by atoms with van der Waals surface area (Å²) in [6.45, 7) is 4.29. The van der Waals surface area contributed by atoms with Gasteiger partial charge >= 0.3 is 0 Å². The summed E-state index contributed by atoms with van der Waals surface area (Å²) < 4.78 is 0. The summed E-state index contributed by atoms with van der Waals surface area (Å²) in [7, 11) is 0. The van der Waals surface area contributed by atoms with E-state index < -0.39 is 0 Å². The first-order valence-corrected chi connectivity index (χ1v) is 6.31. The van der Waals surface area contributed by atoms with Crippen molar-refractivity contribution < 1.29 is 5.21 Å². The highest BCUT2D eigenvalue weighted by Crippen LogP contribution is 2.27. The molecule has 0 aliphatic carbocycles. The number of hydrogen-bond acceptors (Lipinski definition) is 3. The summed E-state index contributed by atoms with van der Waals surface area (Å²) in [6, 6.07) is 5.40. The lowest BCUT2D eigenvalue weighted by molar-refractivity contribution is 0.318. The van der Waals surface area contributed by atoms with Gasteiger partial charge in [-0.1, -0.05) is 30.6 Å². The number of halogens is 1. The maximum Gasteiger partial charge on any atom is 0.171 e. The van der Waals surface area contributed by atoms with E-state index >= 15 is 0 Å². The van der Waals surface area contributed by atoms with Gasteiger partial charge in [0.15, 0.2) is 5.84 Å². The molecule has 0 saturated heterocycles. The zero-order chi connectivity index (χ0) is 12.1. The van der Waals surface area contributed by atoms with Gasteiger partial charge in [-0.15, -0.1) is 11.8 Å². The average Bonchev–Trinajstić information content (AvgIpc) is 2.26. The highest BCUT2D eigenvalue weighted by Gasteiger charge is 2.09. The SMILES string of the molecule is CC(C)CSc1ccc(Cl)cc1C(N)=NO. The largest absolute Gasteiger partial charge is 0.409 e. The molecule has 0 aliphatic rings. The van der Waals surface area contributed by atoms with E-state index in [4.69, 9.17) is 22.5 Å². The molecular weight excluding hydrogens is 244 g/mol. The number of oxime groups is 1. The lowest BCUT2D eigenvalue weighted by atomic mass is 10.2. The molecule has 0 atom stereocenters. The van der Waals surface area contributed by atoms with Gasteiger partial charge in [0.05, 0.1) is 0 Å². The Kier molecular flexibility index (Phi) is 4.96. The molecule has 88 valence electrons. The molecule has 0 aliphatic heterocycles. The van der Waals surface area contributed by atoms with E-state index in [-0.39, 0.29) is 5.84 Å². The Hall–Kier alpha value is -0.870. The first-order chi connectivity index (χ1) is 7.54. The Bertz CT molecular complexity index is 394. The van der Waals surface area contributed by atoms with Crippen molar-refractivity contribution in [2.24, 2.45) is 16.8 Å². The zero-order valence-corrected chi connectivity index (χ0v) is 10.8. The Morgan fingerprint density at radius 1 is 1.56 bits per heavy atom. The third-order valence-electron chi connectivity index (χ3n) is 1.90. The highest BCUT2D eigenvalue weighted by atomic mass is 35.5. The van der Waals surface area contributed by atoms with Gasteiger partial charge in [0, 0.05) is 21.2 Å². The molecule has 0 unspecified atom stereocenters. The lowest BCUT2D eigenvalue weighted by Gasteiger charge is -2.09. The summed E-state index contributed by atoms with van der Waals surface area (Å²) in [6.07, 6.45) is 0. The van der Waals surface area contributed by atoms with E-state index in [2.05, 4.69) is 19.0 Å². The minimum absolute atomic E-state index is 0.0914. The van der Waals surface area contributed by atoms with Crippen LogP contribution < -0.4 is 5.73 Å². The molecule has 0 amide bonds. The topological polar surface area (TPSA) is 58.6 Å². The van der Waals surface area contributed by atoms with Crippen molar-refractivity contribution in [2.45, 2.75) is 18.7 Å². The molecule has 0 radical (unpaired) electrons. The minimum Gasteiger partial charge on any atom is -0.409 e. The monoisotopic (exact) mass is 258 g/mol. The van der Waals surface area contributed by atoms with Crippen molar-refractivity contribution >= 4 is 29.2 Å². The fourth-order valence-corrected chi connectivity index (χ4v) is 2.31. The predicted molar refractivity (Wildman–Crippen MR) is 69.5 cm³/mol. The molecule has 1 aromatic rings. The zero-order valence-electron chi connectivity index (χ0n) is 9.27. The Labute approximate surface area is 105 Å². The number of nitrogens with zero attached hydrogens (tertiary/aromatic N) is 1. The first kappa shape index (κ1) is 13.2. The van der Waals surface area contributed by atoms with Crippen LogP contribution in [-0.4, -0.2) is 16.8 Å². The van der Waals surface area contributed by atoms with Crippen LogP contribution in [0.1, 0.15) is 19.4 Å². The first-order valence-electron chi connectivity index (χ1n) is 4.95. The van der Waals surface area contributed by atoms with Gasteiger partial charge in [-0.05, 0) is 24.1 Å². The molecule has 1 aromatic carbocycles. The van der Waals surface area contributed by atoms with Crippen LogP contribution in [0, 0.1) is 5.92 Å². The average molecular weight is 259 g/mol. The van der Waals surface area contributed by atoms with Gasteiger partial charge in [0.1, 0.15) is 0 Å². The van der Waals surface area contributed by atoms with E-state index in [1.165, 1.54) is 0 Å². The van der Waals surface area contributed by atoms with Crippen molar-refractivity contribution in [3.05, 3.63) is 28.8 Å². The number of nitrogens with two attached hydrogens (primary N) is 1. The Balaban J connectivity index is 2.98. The molecule has 16 heavy (non-hydrogen) atoms. The second-order valence-electron chi connectivity index (χ2n) is 3.83. The van der Waals surface area contributed by atoms with Gasteiger partial charge in [-0.2, -0.15) is 0 Å². The van der Waals surface area contributed by atoms with Gasteiger partial charge in [0.25, 0.3) is 0 Å². The molecule has 0 saturated carbocycles. The maximum absolute atomic E-state index is 8.69. The van der Waals surface area contributed by atoms with Crippen molar-refractivity contribution in [3.8, 4) is 0 Å². The third-order valence-corrected chi connectivity index (χ3v) is 3.63. The number of amidine groups is 1. The summed E-state index contributed by atoms with van der Waals surface area (Å²) >= 11 is 7.56. The van der Waals surface area contributed by atoms with Gasteiger partial charge in [-0.25, -0.2) is 0 Å². The molecule has 0 fully saturated rings. The quantitative estimate of drug-likeness (QED) is 0.287. The van der Waals surface area contributed by atoms with Gasteiger partial charge < -0.3 is 10.9 Å². The standard InChI is InChI=1S/C11H15ClN2OS/c1-7(2)6-16-10-4-3-8(12)5-9(10)11(13)14-15/h3-5,7,15H,6H2,1-2H3,(H2,13,14). The molecule has 0 aromatic heterocycles. The summed E-state index contributed by atoms with van der Waals surface area (Å²) in [4.78, 5) is 0.980. The fraction of sp³-hybridized carbons (Fsp3) is 0.364. The van der Waals surface area contributed by atoms with Crippen LogP contribution in [0.4, 0.5) is 0 Å². The smallest absolute Gasteiger partial charge is 0.171 e. The fourth-order valence-electron chi connectivity index (χ4n) is 1.14. The van der Waals surface area contributed by atoms with Crippen LogP contribution in [0.25, 0.3) is 0 Å². The summed E-state index contributed by atoms with van der Waals surface area (Å²) in [5, 5.41) is 12.3. The lowest BCUT2D eigenvalue weighted by Crippen LogP contribution is -2.14. The van der Waals surface area contributed by atoms with E-state index in [0.717, 1.165) is 10.6 Å². The molecule has 5 heteroatoms. The third kappa shape index (κ3) is 3.61. The van der Waals surface area contributed by atoms with E-state index in [1.807, 2.05) is 6.07 Å². The summed E-state index contributed by atoms with van der Waals surface area (Å²) in [5.74, 6) is 1.66. The number of rotatable bonds is 4. The van der Waals surface area contributed by atoms with E-state index in [0.29, 0.717) is 16.5 Å². The molecule has 0 spiro atoms. The van der Waals surface area contributed by atoms with Crippen LogP contribution in [0.5, 0.6) is 0 Å². The van der Waals surface area contributed by atoms with Crippen molar-refractivity contribution in [1.29, 1.82) is 0 Å². The number of thioether (sulfide) groups is 1. The van der Waals surface area contributed by atoms with Crippen LogP contribution in [0.15, 0.2) is 28.3 Å². The number of benzene rings is 1. The Morgan fingerprint density at radius 2 is 2.25 bits per heavy atom. The maximum atomic E-state index is 8.69. The van der Waals surface area contributed by atoms with Gasteiger partial charge in [0.2, 0.25) is 0 Å². The van der Waals surface area contributed by atoms with Gasteiger partial charge in [-0.3, -0.25) is 0 Å². The molecule has 3 N–H and O–H groups in total. The van der Waals surface area contributed by atoms with Crippen LogP contribution in [0.3, 0.4) is 0 Å².